The van der Waals surface area contributed by atoms with Crippen LogP contribution >= 0.6 is 0 Å². The van der Waals surface area contributed by atoms with Crippen molar-refractivity contribution in [3.05, 3.63) is 72.4 Å². The molecule has 1 fully saturated rings. The Hall–Kier alpha value is -4.18. The van der Waals surface area contributed by atoms with E-state index in [0.717, 1.165) is 12.8 Å². The number of nitrogens with one attached hydrogen (secondary N) is 2. The number of cyclic esters (lactones) is 1. The molecule has 0 saturated carbocycles. The molecule has 39 heavy (non-hydrogen) atoms. The number of hydrogen-bond donors (Lipinski definition) is 2. The SMILES string of the molecule is C=C1C(NC(=O)c2ccccc2)CN(C(C)=O)c2ccccc2N1CC(=O)N[C@H]1CC(=O)OC1OCCCC. The lowest BCUT2D eigenvalue weighted by atomic mass is 10.1. The van der Waals surface area contributed by atoms with Crippen molar-refractivity contribution >= 4 is 35.1 Å². The van der Waals surface area contributed by atoms with Crippen LogP contribution in [-0.4, -0.2) is 61.8 Å². The average molecular weight is 535 g/mol. The summed E-state index contributed by atoms with van der Waals surface area (Å²) in [7, 11) is 0. The Labute approximate surface area is 227 Å². The van der Waals surface area contributed by atoms with Crippen molar-refractivity contribution < 1.29 is 28.7 Å². The molecule has 1 saturated heterocycles. The average Bonchev–Trinajstić information content (AvgIpc) is 3.22. The quantitative estimate of drug-likeness (QED) is 0.375. The van der Waals surface area contributed by atoms with Gasteiger partial charge in [0.1, 0.15) is 12.6 Å². The molecule has 0 spiro atoms. The zero-order valence-electron chi connectivity index (χ0n) is 22.2. The highest BCUT2D eigenvalue weighted by atomic mass is 16.7. The van der Waals surface area contributed by atoms with E-state index in [1.165, 1.54) is 6.92 Å². The van der Waals surface area contributed by atoms with E-state index in [0.29, 0.717) is 29.2 Å². The van der Waals surface area contributed by atoms with Gasteiger partial charge in [-0.2, -0.15) is 0 Å². The number of unbranched alkanes of at least 4 members (excludes halogenated alkanes) is 1. The fourth-order valence-electron chi connectivity index (χ4n) is 4.64. The molecule has 2 unspecified atom stereocenters. The Balaban J connectivity index is 1.57. The minimum atomic E-state index is -0.848. The molecular weight excluding hydrogens is 500 g/mol. The first-order valence-electron chi connectivity index (χ1n) is 13.1. The van der Waals surface area contributed by atoms with Crippen molar-refractivity contribution in [1.29, 1.82) is 0 Å². The molecule has 10 heteroatoms. The predicted molar refractivity (Wildman–Crippen MR) is 146 cm³/mol. The Kier molecular flexibility index (Phi) is 8.98. The Morgan fingerprint density at radius 1 is 1.05 bits per heavy atom. The molecule has 3 atom stereocenters. The number of ether oxygens (including phenoxy) is 2. The standard InChI is InChI=1S/C29H34N4O6/c1-4-5-15-38-29-22(16-27(36)39-29)30-26(35)18-32-19(2)23(31-28(37)21-11-7-6-8-12-21)17-33(20(3)34)25-14-10-9-13-24(25)32/h6-14,22-23,29H,2,4-5,15-18H2,1,3H3,(H,30,35)(H,31,37)/t22-,23?,29?/m0/s1. The highest BCUT2D eigenvalue weighted by molar-refractivity contribution is 5.99. The number of fused-ring (bicyclic) bond motifs is 1. The van der Waals surface area contributed by atoms with Crippen LogP contribution < -0.4 is 20.4 Å². The third kappa shape index (κ3) is 6.64. The second-order valence-corrected chi connectivity index (χ2v) is 9.55. The van der Waals surface area contributed by atoms with Crippen LogP contribution in [0.25, 0.3) is 0 Å². The molecule has 2 aromatic carbocycles. The lowest BCUT2D eigenvalue weighted by Crippen LogP contribution is -2.50. The summed E-state index contributed by atoms with van der Waals surface area (Å²) < 4.78 is 10.9. The van der Waals surface area contributed by atoms with Gasteiger partial charge >= 0.3 is 5.97 Å². The van der Waals surface area contributed by atoms with Crippen LogP contribution in [0.1, 0.15) is 43.5 Å². The minimum Gasteiger partial charge on any atom is -0.433 e. The van der Waals surface area contributed by atoms with Crippen molar-refractivity contribution in [2.75, 3.05) is 29.5 Å². The summed E-state index contributed by atoms with van der Waals surface area (Å²) in [6.45, 7) is 8.10. The van der Waals surface area contributed by atoms with Crippen molar-refractivity contribution in [1.82, 2.24) is 10.6 Å². The number of rotatable bonds is 9. The van der Waals surface area contributed by atoms with Gasteiger partial charge in [0.2, 0.25) is 18.1 Å². The molecule has 10 nitrogen and oxygen atoms in total. The summed E-state index contributed by atoms with van der Waals surface area (Å²) in [5, 5.41) is 5.83. The van der Waals surface area contributed by atoms with Crippen LogP contribution in [0.3, 0.4) is 0 Å². The number of anilines is 2. The van der Waals surface area contributed by atoms with E-state index in [2.05, 4.69) is 17.2 Å². The summed E-state index contributed by atoms with van der Waals surface area (Å²) in [6.07, 6.45) is 0.891. The molecule has 2 aliphatic rings. The van der Waals surface area contributed by atoms with E-state index in [9.17, 15) is 19.2 Å². The normalized spacial score (nSPS) is 20.6. The smallest absolute Gasteiger partial charge is 0.310 e. The number of carbonyl (C=O) groups excluding carboxylic acids is 4. The van der Waals surface area contributed by atoms with Crippen LogP contribution in [0.5, 0.6) is 0 Å². The first-order valence-corrected chi connectivity index (χ1v) is 13.1. The Morgan fingerprint density at radius 2 is 1.74 bits per heavy atom. The monoisotopic (exact) mass is 534 g/mol. The maximum absolute atomic E-state index is 13.3. The predicted octanol–water partition coefficient (Wildman–Crippen LogP) is 2.75. The van der Waals surface area contributed by atoms with Gasteiger partial charge in [0.25, 0.3) is 5.91 Å². The maximum atomic E-state index is 13.3. The van der Waals surface area contributed by atoms with Gasteiger partial charge in [-0.25, -0.2) is 0 Å². The number of carbonyl (C=O) groups is 4. The number of para-hydroxylation sites is 2. The lowest BCUT2D eigenvalue weighted by molar-refractivity contribution is -0.165. The topological polar surface area (TPSA) is 117 Å². The maximum Gasteiger partial charge on any atom is 0.310 e. The number of amides is 3. The van der Waals surface area contributed by atoms with Gasteiger partial charge in [-0.15, -0.1) is 0 Å². The van der Waals surface area contributed by atoms with Crippen LogP contribution in [0.15, 0.2) is 66.9 Å². The summed E-state index contributed by atoms with van der Waals surface area (Å²) in [4.78, 5) is 54.2. The van der Waals surface area contributed by atoms with Crippen molar-refractivity contribution in [3.63, 3.8) is 0 Å². The third-order valence-electron chi connectivity index (χ3n) is 6.69. The summed E-state index contributed by atoms with van der Waals surface area (Å²) in [5.74, 6) is -1.36. The molecule has 0 aliphatic carbocycles. The highest BCUT2D eigenvalue weighted by Crippen LogP contribution is 2.35. The second-order valence-electron chi connectivity index (χ2n) is 9.55. The second kappa shape index (κ2) is 12.6. The van der Waals surface area contributed by atoms with Crippen LogP contribution in [0.2, 0.25) is 0 Å². The molecule has 2 N–H and O–H groups in total. The van der Waals surface area contributed by atoms with E-state index < -0.39 is 24.3 Å². The minimum absolute atomic E-state index is 0.00787. The number of nitrogens with zero attached hydrogens (tertiary/aromatic N) is 2. The highest BCUT2D eigenvalue weighted by Gasteiger charge is 2.38. The third-order valence-corrected chi connectivity index (χ3v) is 6.69. The van der Waals surface area contributed by atoms with E-state index in [-0.39, 0.29) is 37.2 Å². The van der Waals surface area contributed by atoms with Crippen LogP contribution in [0.4, 0.5) is 11.4 Å². The van der Waals surface area contributed by atoms with Gasteiger partial charge in [-0.3, -0.25) is 19.2 Å². The van der Waals surface area contributed by atoms with Gasteiger partial charge in [0, 0.05) is 18.2 Å². The van der Waals surface area contributed by atoms with Gasteiger partial charge in [-0.05, 0) is 30.7 Å². The first-order chi connectivity index (χ1) is 18.8. The van der Waals surface area contributed by atoms with E-state index in [4.69, 9.17) is 9.47 Å². The molecule has 206 valence electrons. The fraction of sp³-hybridized carbons (Fsp3) is 0.379. The van der Waals surface area contributed by atoms with E-state index >= 15 is 0 Å². The van der Waals surface area contributed by atoms with Crippen LogP contribution in [0, 0.1) is 0 Å². The molecule has 0 aromatic heterocycles. The fourth-order valence-corrected chi connectivity index (χ4v) is 4.64. The molecule has 3 amide bonds. The molecule has 2 heterocycles. The van der Waals surface area contributed by atoms with Gasteiger partial charge in [0.15, 0.2) is 0 Å². The Morgan fingerprint density at radius 3 is 2.44 bits per heavy atom. The number of hydrogen-bond acceptors (Lipinski definition) is 7. The Bertz CT molecular complexity index is 1230. The van der Waals surface area contributed by atoms with Crippen molar-refractivity contribution in [2.45, 2.75) is 51.5 Å². The molecule has 2 aliphatic heterocycles. The van der Waals surface area contributed by atoms with E-state index in [1.807, 2.05) is 13.0 Å². The van der Waals surface area contributed by atoms with Gasteiger partial charge in [0.05, 0.1) is 37.0 Å². The lowest BCUT2D eigenvalue weighted by Gasteiger charge is -2.30. The largest absolute Gasteiger partial charge is 0.433 e. The summed E-state index contributed by atoms with van der Waals surface area (Å²) in [6, 6.07) is 14.6. The van der Waals surface area contributed by atoms with Crippen molar-refractivity contribution in [3.8, 4) is 0 Å². The number of esters is 1. The molecule has 2 aromatic rings. The molecule has 0 bridgehead atoms. The van der Waals surface area contributed by atoms with Crippen molar-refractivity contribution in [2.24, 2.45) is 0 Å². The molecule has 0 radical (unpaired) electrons. The zero-order valence-corrected chi connectivity index (χ0v) is 22.2. The molecule has 4 rings (SSSR count). The van der Waals surface area contributed by atoms with Gasteiger partial charge < -0.3 is 29.9 Å². The summed E-state index contributed by atoms with van der Waals surface area (Å²) in [5.41, 5.74) is 2.10. The summed E-state index contributed by atoms with van der Waals surface area (Å²) >= 11 is 0. The van der Waals surface area contributed by atoms with Gasteiger partial charge in [-0.1, -0.05) is 50.3 Å². The van der Waals surface area contributed by atoms with E-state index in [1.54, 1.807) is 58.3 Å². The zero-order chi connectivity index (χ0) is 27.9. The van der Waals surface area contributed by atoms with Crippen LogP contribution in [-0.2, 0) is 23.9 Å². The first kappa shape index (κ1) is 27.8. The molecular formula is C29H34N4O6. The number of benzene rings is 2.